The second kappa shape index (κ2) is 7.00. The third-order valence-electron chi connectivity index (χ3n) is 4.29. The summed E-state index contributed by atoms with van der Waals surface area (Å²) in [4.78, 5) is 36.9. The smallest absolute Gasteiger partial charge is 0.322 e. The van der Waals surface area contributed by atoms with Crippen LogP contribution in [0.3, 0.4) is 0 Å². The highest BCUT2D eigenvalue weighted by atomic mass is 16.5. The lowest BCUT2D eigenvalue weighted by Crippen LogP contribution is -2.46. The van der Waals surface area contributed by atoms with Crippen molar-refractivity contribution in [3.05, 3.63) is 35.9 Å². The Morgan fingerprint density at radius 1 is 1.25 bits per heavy atom. The number of nitrogens with one attached hydrogen (secondary N) is 2. The van der Waals surface area contributed by atoms with E-state index in [1.165, 1.54) is 0 Å². The topological polar surface area (TPSA) is 87.7 Å². The largest absolute Gasteiger partial charge is 0.367 e. The highest BCUT2D eigenvalue weighted by molar-refractivity contribution is 6.04. The number of benzene rings is 1. The minimum absolute atomic E-state index is 0.0277. The van der Waals surface area contributed by atoms with E-state index in [1.54, 1.807) is 4.90 Å². The Morgan fingerprint density at radius 3 is 2.67 bits per heavy atom. The fourth-order valence-electron chi connectivity index (χ4n) is 3.09. The van der Waals surface area contributed by atoms with Gasteiger partial charge in [0, 0.05) is 13.0 Å². The molecule has 0 radical (unpaired) electrons. The van der Waals surface area contributed by atoms with Crippen LogP contribution >= 0.6 is 0 Å². The lowest BCUT2D eigenvalue weighted by Gasteiger charge is -2.37. The van der Waals surface area contributed by atoms with E-state index >= 15 is 0 Å². The summed E-state index contributed by atoms with van der Waals surface area (Å²) in [5.74, 6) is -0.398. The molecule has 3 rings (SSSR count). The highest BCUT2D eigenvalue weighted by Gasteiger charge is 2.32. The Balaban J connectivity index is 1.58. The molecule has 1 aromatic rings. The molecule has 3 unspecified atom stereocenters. The molecule has 2 saturated heterocycles. The van der Waals surface area contributed by atoms with Crippen molar-refractivity contribution in [1.82, 2.24) is 15.5 Å². The van der Waals surface area contributed by atoms with Gasteiger partial charge >= 0.3 is 6.03 Å². The van der Waals surface area contributed by atoms with Crippen LogP contribution in [-0.4, -0.2) is 48.0 Å². The third kappa shape index (κ3) is 3.73. The van der Waals surface area contributed by atoms with Crippen LogP contribution in [0, 0.1) is 0 Å². The quantitative estimate of drug-likeness (QED) is 0.805. The Labute approximate surface area is 140 Å². The van der Waals surface area contributed by atoms with Crippen LogP contribution in [-0.2, 0) is 14.3 Å². The minimum Gasteiger partial charge on any atom is -0.367 e. The predicted octanol–water partition coefficient (Wildman–Crippen LogP) is 0.963. The zero-order chi connectivity index (χ0) is 17.1. The van der Waals surface area contributed by atoms with Crippen molar-refractivity contribution in [2.75, 3.05) is 13.1 Å². The van der Waals surface area contributed by atoms with Crippen molar-refractivity contribution in [3.8, 4) is 0 Å². The fourth-order valence-corrected chi connectivity index (χ4v) is 3.09. The van der Waals surface area contributed by atoms with Gasteiger partial charge in [0.05, 0.1) is 12.6 Å². The first-order valence-electron chi connectivity index (χ1n) is 8.12. The molecule has 7 heteroatoms. The number of amides is 4. The minimum atomic E-state index is -0.621. The fraction of sp³-hybridized carbons (Fsp3) is 0.471. The highest BCUT2D eigenvalue weighted by Crippen LogP contribution is 2.25. The predicted molar refractivity (Wildman–Crippen MR) is 86.0 cm³/mol. The number of carbonyl (C=O) groups excluding carboxylic acids is 3. The summed E-state index contributed by atoms with van der Waals surface area (Å²) in [5.41, 5.74) is 1.05. The van der Waals surface area contributed by atoms with Gasteiger partial charge < -0.3 is 15.0 Å². The van der Waals surface area contributed by atoms with E-state index < -0.39 is 12.1 Å². The first-order valence-corrected chi connectivity index (χ1v) is 8.12. The number of hydrogen-bond donors (Lipinski definition) is 2. The molecule has 7 nitrogen and oxygen atoms in total. The maximum absolute atomic E-state index is 12.5. The van der Waals surface area contributed by atoms with Gasteiger partial charge in [-0.3, -0.25) is 14.9 Å². The van der Waals surface area contributed by atoms with Crippen LogP contribution in [0.25, 0.3) is 0 Å². The SMILES string of the molecule is CC1CN(C(=O)CCC2NC(=O)NC2=O)CC(c2ccccc2)O1. The van der Waals surface area contributed by atoms with E-state index in [9.17, 15) is 14.4 Å². The van der Waals surface area contributed by atoms with Crippen LogP contribution in [0.15, 0.2) is 30.3 Å². The lowest BCUT2D eigenvalue weighted by atomic mass is 10.1. The van der Waals surface area contributed by atoms with Crippen molar-refractivity contribution in [1.29, 1.82) is 0 Å². The molecular weight excluding hydrogens is 310 g/mol. The van der Waals surface area contributed by atoms with Crippen molar-refractivity contribution in [2.45, 2.75) is 38.0 Å². The molecular formula is C17H21N3O4. The summed E-state index contributed by atoms with van der Waals surface area (Å²) < 4.78 is 5.95. The zero-order valence-corrected chi connectivity index (χ0v) is 13.5. The number of hydrogen-bond acceptors (Lipinski definition) is 4. The van der Waals surface area contributed by atoms with E-state index in [0.29, 0.717) is 19.5 Å². The number of ether oxygens (including phenoxy) is 1. The second-order valence-corrected chi connectivity index (χ2v) is 6.20. The van der Waals surface area contributed by atoms with Crippen molar-refractivity contribution < 1.29 is 19.1 Å². The molecule has 1 aromatic carbocycles. The summed E-state index contributed by atoms with van der Waals surface area (Å²) in [7, 11) is 0. The van der Waals surface area contributed by atoms with Gasteiger partial charge in [-0.15, -0.1) is 0 Å². The zero-order valence-electron chi connectivity index (χ0n) is 13.5. The Bertz CT molecular complexity index is 634. The van der Waals surface area contributed by atoms with E-state index in [4.69, 9.17) is 4.74 Å². The molecule has 2 heterocycles. The summed E-state index contributed by atoms with van der Waals surface area (Å²) in [6.07, 6.45) is 0.320. The van der Waals surface area contributed by atoms with E-state index in [-0.39, 0.29) is 30.4 Å². The van der Waals surface area contributed by atoms with Crippen LogP contribution in [0.4, 0.5) is 4.79 Å². The van der Waals surface area contributed by atoms with Gasteiger partial charge in [-0.1, -0.05) is 30.3 Å². The van der Waals surface area contributed by atoms with Crippen LogP contribution in [0.2, 0.25) is 0 Å². The van der Waals surface area contributed by atoms with Gasteiger partial charge in [0.2, 0.25) is 5.91 Å². The first-order chi connectivity index (χ1) is 11.5. The summed E-state index contributed by atoms with van der Waals surface area (Å²) in [5, 5.41) is 4.68. The van der Waals surface area contributed by atoms with E-state index in [0.717, 1.165) is 5.56 Å². The average molecular weight is 331 g/mol. The number of imide groups is 1. The average Bonchev–Trinajstić information content (AvgIpc) is 2.90. The number of urea groups is 1. The molecule has 0 aliphatic carbocycles. The lowest BCUT2D eigenvalue weighted by molar-refractivity contribution is -0.145. The maximum Gasteiger partial charge on any atom is 0.322 e. The number of nitrogens with zero attached hydrogens (tertiary/aromatic N) is 1. The van der Waals surface area contributed by atoms with E-state index in [2.05, 4.69) is 10.6 Å². The van der Waals surface area contributed by atoms with Crippen LogP contribution in [0.1, 0.15) is 31.4 Å². The summed E-state index contributed by atoms with van der Waals surface area (Å²) in [6, 6.07) is 8.70. The monoisotopic (exact) mass is 331 g/mol. The van der Waals surface area contributed by atoms with Gasteiger partial charge in [-0.05, 0) is 18.9 Å². The molecule has 24 heavy (non-hydrogen) atoms. The number of rotatable bonds is 4. The molecule has 2 fully saturated rings. The molecule has 0 bridgehead atoms. The van der Waals surface area contributed by atoms with Crippen molar-refractivity contribution in [3.63, 3.8) is 0 Å². The first kappa shape index (κ1) is 16.4. The molecule has 2 N–H and O–H groups in total. The number of morpholine rings is 1. The van der Waals surface area contributed by atoms with Gasteiger partial charge in [-0.2, -0.15) is 0 Å². The van der Waals surface area contributed by atoms with Crippen LogP contribution < -0.4 is 10.6 Å². The Hall–Kier alpha value is -2.41. The normalized spacial score (nSPS) is 26.9. The summed E-state index contributed by atoms with van der Waals surface area (Å²) in [6.45, 7) is 2.97. The van der Waals surface area contributed by atoms with Gasteiger partial charge in [-0.25, -0.2) is 4.79 Å². The van der Waals surface area contributed by atoms with Crippen molar-refractivity contribution in [2.24, 2.45) is 0 Å². The molecule has 2 aliphatic rings. The van der Waals surface area contributed by atoms with E-state index in [1.807, 2.05) is 37.3 Å². The molecule has 0 spiro atoms. The molecule has 4 amide bonds. The third-order valence-corrected chi connectivity index (χ3v) is 4.29. The second-order valence-electron chi connectivity index (χ2n) is 6.20. The molecule has 2 aliphatic heterocycles. The summed E-state index contributed by atoms with van der Waals surface area (Å²) >= 11 is 0. The molecule has 0 aromatic heterocycles. The standard InChI is InChI=1S/C17H21N3O4/c1-11-9-20(10-14(24-11)12-5-3-2-4-6-12)15(21)8-7-13-16(22)19-17(23)18-13/h2-6,11,13-14H,7-10H2,1H3,(H2,18,19,22,23). The maximum atomic E-state index is 12.5. The molecule has 3 atom stereocenters. The molecule has 0 saturated carbocycles. The van der Waals surface area contributed by atoms with Gasteiger partial charge in [0.15, 0.2) is 0 Å². The Morgan fingerprint density at radius 2 is 2.00 bits per heavy atom. The molecule has 128 valence electrons. The van der Waals surface area contributed by atoms with Crippen molar-refractivity contribution >= 4 is 17.8 Å². The number of carbonyl (C=O) groups is 3. The van der Waals surface area contributed by atoms with Gasteiger partial charge in [0.1, 0.15) is 12.1 Å². The van der Waals surface area contributed by atoms with Gasteiger partial charge in [0.25, 0.3) is 5.91 Å². The Kier molecular flexibility index (Phi) is 4.80. The van der Waals surface area contributed by atoms with Crippen LogP contribution in [0.5, 0.6) is 0 Å².